The van der Waals surface area contributed by atoms with Gasteiger partial charge in [-0.2, -0.15) is 4.68 Å². The van der Waals surface area contributed by atoms with E-state index in [-0.39, 0.29) is 42.8 Å². The zero-order valence-electron chi connectivity index (χ0n) is 16.5. The Hall–Kier alpha value is -3.89. The maximum Gasteiger partial charge on any atom is 0.227 e. The Balaban J connectivity index is 1.41. The van der Waals surface area contributed by atoms with Crippen molar-refractivity contribution in [3.05, 3.63) is 59.9 Å². The van der Waals surface area contributed by atoms with E-state index in [0.29, 0.717) is 11.4 Å². The van der Waals surface area contributed by atoms with E-state index < -0.39 is 17.6 Å². The lowest BCUT2D eigenvalue weighted by Gasteiger charge is -2.17. The summed E-state index contributed by atoms with van der Waals surface area (Å²) in [5, 5.41) is 13.8. The van der Waals surface area contributed by atoms with Crippen LogP contribution in [0.2, 0.25) is 0 Å². The average Bonchev–Trinajstić information content (AvgIpc) is 3.40. The maximum atomic E-state index is 13.5. The summed E-state index contributed by atoms with van der Waals surface area (Å²) in [5.41, 5.74) is 0.871. The highest BCUT2D eigenvalue weighted by atomic mass is 19.2. The topological polar surface area (TPSA) is 102 Å². The molecule has 1 aromatic heterocycles. The summed E-state index contributed by atoms with van der Waals surface area (Å²) < 4.78 is 33.1. The highest BCUT2D eigenvalue weighted by Crippen LogP contribution is 2.28. The summed E-state index contributed by atoms with van der Waals surface area (Å²) in [4.78, 5) is 26.6. The number of amides is 2. The first-order valence-electron chi connectivity index (χ1n) is 9.41. The van der Waals surface area contributed by atoms with Gasteiger partial charge in [0, 0.05) is 30.8 Å². The van der Waals surface area contributed by atoms with Crippen LogP contribution in [0.1, 0.15) is 12.2 Å². The summed E-state index contributed by atoms with van der Waals surface area (Å²) in [7, 11) is 1.54. The number of carbonyl (C=O) groups excluding carboxylic acids is 2. The molecule has 160 valence electrons. The molecule has 1 fully saturated rings. The number of hydrogen-bond acceptors (Lipinski definition) is 6. The van der Waals surface area contributed by atoms with E-state index >= 15 is 0 Å². The molecular formula is C20H18F2N6O3. The second-order valence-corrected chi connectivity index (χ2v) is 6.93. The molecule has 1 aliphatic heterocycles. The molecule has 31 heavy (non-hydrogen) atoms. The normalized spacial score (nSPS) is 15.9. The van der Waals surface area contributed by atoms with Crippen molar-refractivity contribution in [3.63, 3.8) is 0 Å². The van der Waals surface area contributed by atoms with Gasteiger partial charge < -0.3 is 15.0 Å². The Morgan fingerprint density at radius 2 is 2.03 bits per heavy atom. The summed E-state index contributed by atoms with van der Waals surface area (Å²) in [6.45, 7) is 0.181. The fourth-order valence-corrected chi connectivity index (χ4v) is 3.35. The minimum absolute atomic E-state index is 0.0469. The number of ether oxygens (including phenoxy) is 1. The van der Waals surface area contributed by atoms with Crippen molar-refractivity contribution in [2.75, 3.05) is 18.6 Å². The molecule has 0 saturated carbocycles. The Morgan fingerprint density at radius 3 is 2.81 bits per heavy atom. The van der Waals surface area contributed by atoms with Gasteiger partial charge in [-0.3, -0.25) is 9.59 Å². The van der Waals surface area contributed by atoms with Crippen LogP contribution in [0.5, 0.6) is 5.75 Å². The minimum atomic E-state index is -1.04. The second-order valence-electron chi connectivity index (χ2n) is 6.93. The molecule has 9 nitrogen and oxygen atoms in total. The first-order valence-corrected chi connectivity index (χ1v) is 9.41. The molecule has 1 atom stereocenters. The largest absolute Gasteiger partial charge is 0.497 e. The molecule has 0 unspecified atom stereocenters. The van der Waals surface area contributed by atoms with Gasteiger partial charge in [0.25, 0.3) is 0 Å². The number of halogens is 2. The van der Waals surface area contributed by atoms with E-state index in [4.69, 9.17) is 4.74 Å². The zero-order valence-corrected chi connectivity index (χ0v) is 16.5. The third-order valence-electron chi connectivity index (χ3n) is 4.96. The van der Waals surface area contributed by atoms with Crippen LogP contribution in [-0.4, -0.2) is 45.7 Å². The number of methoxy groups -OCH3 is 1. The number of hydrogen-bond donors (Lipinski definition) is 1. The van der Waals surface area contributed by atoms with Crippen molar-refractivity contribution in [2.24, 2.45) is 5.92 Å². The van der Waals surface area contributed by atoms with Crippen molar-refractivity contribution in [1.82, 2.24) is 25.5 Å². The van der Waals surface area contributed by atoms with Crippen LogP contribution in [0.25, 0.3) is 5.69 Å². The van der Waals surface area contributed by atoms with Gasteiger partial charge in [0.2, 0.25) is 11.8 Å². The van der Waals surface area contributed by atoms with Gasteiger partial charge >= 0.3 is 0 Å². The highest BCUT2D eigenvalue weighted by molar-refractivity contribution is 6.00. The van der Waals surface area contributed by atoms with Crippen molar-refractivity contribution < 1.29 is 23.1 Å². The van der Waals surface area contributed by atoms with Gasteiger partial charge in [0.05, 0.1) is 25.3 Å². The molecule has 0 bridgehead atoms. The molecular weight excluding hydrogens is 410 g/mol. The Labute approximate surface area is 175 Å². The van der Waals surface area contributed by atoms with Crippen molar-refractivity contribution in [2.45, 2.75) is 13.0 Å². The number of rotatable bonds is 6. The average molecular weight is 428 g/mol. The molecule has 2 heterocycles. The van der Waals surface area contributed by atoms with E-state index in [9.17, 15) is 18.4 Å². The molecule has 0 radical (unpaired) electrons. The van der Waals surface area contributed by atoms with Crippen LogP contribution in [-0.2, 0) is 16.1 Å². The summed E-state index contributed by atoms with van der Waals surface area (Å²) in [6.07, 6.45) is 0.0666. The van der Waals surface area contributed by atoms with Gasteiger partial charge in [-0.15, -0.1) is 5.10 Å². The molecule has 4 rings (SSSR count). The smallest absolute Gasteiger partial charge is 0.227 e. The van der Waals surface area contributed by atoms with E-state index in [0.717, 1.165) is 12.1 Å². The number of carbonyl (C=O) groups is 2. The maximum absolute atomic E-state index is 13.5. The minimum Gasteiger partial charge on any atom is -0.497 e. The third kappa shape index (κ3) is 4.20. The lowest BCUT2D eigenvalue weighted by atomic mass is 10.1. The van der Waals surface area contributed by atoms with Crippen LogP contribution in [0.4, 0.5) is 14.5 Å². The molecule has 0 aliphatic carbocycles. The molecule has 2 amide bonds. The molecule has 11 heteroatoms. The molecule has 1 N–H and O–H groups in total. The van der Waals surface area contributed by atoms with Gasteiger partial charge in [0.15, 0.2) is 17.5 Å². The van der Waals surface area contributed by atoms with Gasteiger partial charge in [-0.1, -0.05) is 6.07 Å². The third-order valence-corrected chi connectivity index (χ3v) is 4.96. The van der Waals surface area contributed by atoms with Crippen LogP contribution in [0, 0.1) is 17.6 Å². The molecule has 0 spiro atoms. The van der Waals surface area contributed by atoms with Gasteiger partial charge in [-0.05, 0) is 34.7 Å². The van der Waals surface area contributed by atoms with E-state index in [1.54, 1.807) is 24.3 Å². The molecule has 1 aliphatic rings. The van der Waals surface area contributed by atoms with Gasteiger partial charge in [-0.25, -0.2) is 8.78 Å². The van der Waals surface area contributed by atoms with Crippen LogP contribution < -0.4 is 15.0 Å². The fraction of sp³-hybridized carbons (Fsp3) is 0.250. The Morgan fingerprint density at radius 1 is 1.19 bits per heavy atom. The van der Waals surface area contributed by atoms with Crippen LogP contribution >= 0.6 is 0 Å². The standard InChI is InChI=1S/C20H18F2N6O3/c1-31-15-4-2-3-13(8-15)27-11-12(7-19(27)29)20(30)23-10-18-24-25-26-28(18)14-5-6-16(21)17(22)9-14/h2-6,8-9,12H,7,10-11H2,1H3,(H,23,30)/t12-/m0/s1. The molecule has 3 aromatic rings. The Kier molecular flexibility index (Phi) is 5.56. The number of nitrogens with one attached hydrogen (secondary N) is 1. The van der Waals surface area contributed by atoms with Crippen LogP contribution in [0.15, 0.2) is 42.5 Å². The SMILES string of the molecule is COc1cccc(N2C[C@@H](C(=O)NCc3nnnn3-c3ccc(F)c(F)c3)CC2=O)c1. The Bertz CT molecular complexity index is 1140. The van der Waals surface area contributed by atoms with Crippen molar-refractivity contribution >= 4 is 17.5 Å². The first-order chi connectivity index (χ1) is 15.0. The number of aromatic nitrogens is 4. The summed E-state index contributed by atoms with van der Waals surface area (Å²) >= 11 is 0. The second kappa shape index (κ2) is 8.46. The highest BCUT2D eigenvalue weighted by Gasteiger charge is 2.35. The fourth-order valence-electron chi connectivity index (χ4n) is 3.35. The number of nitrogens with zero attached hydrogens (tertiary/aromatic N) is 5. The number of tetrazole rings is 1. The molecule has 2 aromatic carbocycles. The van der Waals surface area contributed by atoms with Crippen molar-refractivity contribution in [3.8, 4) is 11.4 Å². The first kappa shape index (κ1) is 20.4. The zero-order chi connectivity index (χ0) is 22.0. The van der Waals surface area contributed by atoms with Crippen LogP contribution in [0.3, 0.4) is 0 Å². The summed E-state index contributed by atoms with van der Waals surface area (Å²) in [6, 6.07) is 10.3. The van der Waals surface area contributed by atoms with E-state index in [1.165, 1.54) is 22.8 Å². The van der Waals surface area contributed by atoms with E-state index in [2.05, 4.69) is 20.8 Å². The number of anilines is 1. The lowest BCUT2D eigenvalue weighted by molar-refractivity contribution is -0.126. The predicted octanol–water partition coefficient (Wildman–Crippen LogP) is 1.62. The monoisotopic (exact) mass is 428 g/mol. The van der Waals surface area contributed by atoms with Gasteiger partial charge in [0.1, 0.15) is 5.75 Å². The summed E-state index contributed by atoms with van der Waals surface area (Å²) in [5.74, 6) is -2.23. The van der Waals surface area contributed by atoms with E-state index in [1.807, 2.05) is 0 Å². The quantitative estimate of drug-likeness (QED) is 0.640. The predicted molar refractivity (Wildman–Crippen MR) is 104 cm³/mol. The van der Waals surface area contributed by atoms with Crippen molar-refractivity contribution in [1.29, 1.82) is 0 Å². The lowest BCUT2D eigenvalue weighted by Crippen LogP contribution is -2.33. The number of benzene rings is 2. The molecule has 1 saturated heterocycles.